The summed E-state index contributed by atoms with van der Waals surface area (Å²) in [6.07, 6.45) is 0. The number of nitrogens with zero attached hydrogens (tertiary/aromatic N) is 1. The van der Waals surface area contributed by atoms with Gasteiger partial charge in [-0.1, -0.05) is 12.1 Å². The molecule has 0 saturated carbocycles. The topological polar surface area (TPSA) is 45.0 Å². The molecule has 0 spiro atoms. The minimum absolute atomic E-state index is 0.495. The van der Waals surface area contributed by atoms with E-state index in [2.05, 4.69) is 11.1 Å². The van der Waals surface area contributed by atoms with Gasteiger partial charge in [-0.2, -0.15) is 0 Å². The Balaban J connectivity index is 0.000000187. The molecule has 0 aliphatic heterocycles. The predicted octanol–water partition coefficient (Wildman–Crippen LogP) is 3.53. The van der Waals surface area contributed by atoms with E-state index in [1.807, 2.05) is 36.9 Å². The Labute approximate surface area is 122 Å². The highest BCUT2D eigenvalue weighted by atomic mass is 32.1. The van der Waals surface area contributed by atoms with Crippen molar-refractivity contribution in [2.45, 2.75) is 13.8 Å². The second-order valence-corrected chi connectivity index (χ2v) is 5.66. The van der Waals surface area contributed by atoms with Crippen molar-refractivity contribution in [3.05, 3.63) is 28.2 Å². The Morgan fingerprint density at radius 2 is 1.94 bits per heavy atom. The number of para-hydroxylation sites is 1. The van der Waals surface area contributed by atoms with Crippen LogP contribution in [0, 0.1) is 3.95 Å². The standard InChI is InChI=1S/C7H5NS2.C5H12N2S/c9-7-8-5-3-1-2-4-6(5)10-7;1-3-7(4-2)5(6)8/h1-4H,(H,8,9);3-4H2,1-2H3,(H2,6,8). The Morgan fingerprint density at radius 3 is 2.39 bits per heavy atom. The minimum Gasteiger partial charge on any atom is -0.376 e. The van der Waals surface area contributed by atoms with Gasteiger partial charge in [-0.3, -0.25) is 0 Å². The first-order valence-electron chi connectivity index (χ1n) is 5.70. The zero-order chi connectivity index (χ0) is 13.5. The van der Waals surface area contributed by atoms with E-state index in [0.29, 0.717) is 5.11 Å². The number of hydrogen-bond acceptors (Lipinski definition) is 3. The van der Waals surface area contributed by atoms with E-state index >= 15 is 0 Å². The summed E-state index contributed by atoms with van der Waals surface area (Å²) >= 11 is 11.3. The third-order valence-corrected chi connectivity index (χ3v) is 3.88. The van der Waals surface area contributed by atoms with Crippen molar-refractivity contribution in [1.29, 1.82) is 0 Å². The molecule has 0 atom stereocenters. The monoisotopic (exact) mass is 299 g/mol. The highest BCUT2D eigenvalue weighted by Gasteiger charge is 1.96. The first kappa shape index (κ1) is 15.1. The third-order valence-electron chi connectivity index (χ3n) is 2.40. The lowest BCUT2D eigenvalue weighted by molar-refractivity contribution is 0.469. The number of H-pyrrole nitrogens is 1. The smallest absolute Gasteiger partial charge is 0.166 e. The van der Waals surface area contributed by atoms with E-state index in [9.17, 15) is 0 Å². The second kappa shape index (κ2) is 7.45. The van der Waals surface area contributed by atoms with Gasteiger partial charge in [-0.15, -0.1) is 11.3 Å². The number of nitrogens with one attached hydrogen (secondary N) is 1. The highest BCUT2D eigenvalue weighted by Crippen LogP contribution is 2.17. The summed E-state index contributed by atoms with van der Waals surface area (Å²) < 4.78 is 2.08. The maximum absolute atomic E-state index is 5.32. The number of nitrogens with two attached hydrogens (primary N) is 1. The van der Waals surface area contributed by atoms with Gasteiger partial charge in [-0.05, 0) is 50.4 Å². The lowest BCUT2D eigenvalue weighted by Gasteiger charge is -2.17. The van der Waals surface area contributed by atoms with Gasteiger partial charge in [0, 0.05) is 13.1 Å². The highest BCUT2D eigenvalue weighted by molar-refractivity contribution is 7.80. The number of thiocarbonyl (C=S) groups is 1. The fourth-order valence-electron chi connectivity index (χ4n) is 1.43. The molecule has 0 bridgehead atoms. The third kappa shape index (κ3) is 4.36. The van der Waals surface area contributed by atoms with Crippen LogP contribution in [0.3, 0.4) is 0 Å². The van der Waals surface area contributed by atoms with Gasteiger partial charge >= 0.3 is 0 Å². The molecule has 2 rings (SSSR count). The number of fused-ring (bicyclic) bond motifs is 1. The molecule has 1 aromatic carbocycles. The molecule has 18 heavy (non-hydrogen) atoms. The summed E-state index contributed by atoms with van der Waals surface area (Å²) in [7, 11) is 0. The molecule has 0 amide bonds. The van der Waals surface area contributed by atoms with E-state index in [1.54, 1.807) is 11.3 Å². The summed E-state index contributed by atoms with van der Waals surface area (Å²) in [4.78, 5) is 5.02. The number of aromatic amines is 1. The molecule has 0 saturated heterocycles. The van der Waals surface area contributed by atoms with Gasteiger partial charge in [0.15, 0.2) is 9.07 Å². The molecule has 0 aliphatic carbocycles. The Hall–Kier alpha value is -0.980. The summed E-state index contributed by atoms with van der Waals surface area (Å²) in [6, 6.07) is 8.11. The van der Waals surface area contributed by atoms with Crippen LogP contribution >= 0.6 is 35.8 Å². The summed E-state index contributed by atoms with van der Waals surface area (Å²) in [6.45, 7) is 5.88. The van der Waals surface area contributed by atoms with Crippen LogP contribution in [0.2, 0.25) is 0 Å². The number of thiazole rings is 1. The molecule has 0 aliphatic rings. The van der Waals surface area contributed by atoms with E-state index in [4.69, 9.17) is 30.2 Å². The van der Waals surface area contributed by atoms with Gasteiger partial charge in [-0.25, -0.2) is 0 Å². The molecule has 0 fully saturated rings. The largest absolute Gasteiger partial charge is 0.376 e. The van der Waals surface area contributed by atoms with Gasteiger partial charge in [0.1, 0.15) is 0 Å². The fourth-order valence-corrected chi connectivity index (χ4v) is 2.80. The molecule has 3 nitrogen and oxygen atoms in total. The van der Waals surface area contributed by atoms with Crippen molar-refractivity contribution in [3.63, 3.8) is 0 Å². The quantitative estimate of drug-likeness (QED) is 0.833. The molecule has 2 aromatic rings. The van der Waals surface area contributed by atoms with Crippen molar-refractivity contribution < 1.29 is 0 Å². The van der Waals surface area contributed by atoms with E-state index in [0.717, 1.165) is 22.6 Å². The van der Waals surface area contributed by atoms with Crippen LogP contribution in [0.1, 0.15) is 13.8 Å². The van der Waals surface area contributed by atoms with Crippen LogP contribution in [0.5, 0.6) is 0 Å². The van der Waals surface area contributed by atoms with Crippen LogP contribution in [0.15, 0.2) is 24.3 Å². The molecule has 6 heteroatoms. The molecule has 3 N–H and O–H groups in total. The summed E-state index contributed by atoms with van der Waals surface area (Å²) in [5, 5.41) is 0.495. The first-order chi connectivity index (χ1) is 8.58. The predicted molar refractivity (Wildman–Crippen MR) is 86.7 cm³/mol. The number of benzene rings is 1. The van der Waals surface area contributed by atoms with Crippen molar-refractivity contribution in [2.75, 3.05) is 13.1 Å². The van der Waals surface area contributed by atoms with Crippen LogP contribution in [0.25, 0.3) is 10.2 Å². The second-order valence-electron chi connectivity index (χ2n) is 3.52. The SMILES string of the molecule is CCN(CC)C(N)=S.S=c1[nH]c2ccccc2s1. The molecule has 0 radical (unpaired) electrons. The van der Waals surface area contributed by atoms with Gasteiger partial charge in [0.2, 0.25) is 0 Å². The van der Waals surface area contributed by atoms with Crippen molar-refractivity contribution in [1.82, 2.24) is 9.88 Å². The van der Waals surface area contributed by atoms with Crippen molar-refractivity contribution in [3.8, 4) is 0 Å². The van der Waals surface area contributed by atoms with E-state index < -0.39 is 0 Å². The maximum Gasteiger partial charge on any atom is 0.166 e. The van der Waals surface area contributed by atoms with Gasteiger partial charge in [0.05, 0.1) is 10.2 Å². The maximum atomic E-state index is 5.32. The minimum atomic E-state index is 0.495. The molecular formula is C12H17N3S3. The van der Waals surface area contributed by atoms with Crippen LogP contribution in [-0.4, -0.2) is 28.1 Å². The summed E-state index contributed by atoms with van der Waals surface area (Å²) in [5.74, 6) is 0. The van der Waals surface area contributed by atoms with Crippen LogP contribution in [0.4, 0.5) is 0 Å². The van der Waals surface area contributed by atoms with Crippen LogP contribution < -0.4 is 5.73 Å². The van der Waals surface area contributed by atoms with Crippen LogP contribution in [-0.2, 0) is 0 Å². The molecular weight excluding hydrogens is 282 g/mol. The number of aromatic nitrogens is 1. The Kier molecular flexibility index (Phi) is 6.24. The Bertz CT molecular complexity index is 519. The molecule has 0 unspecified atom stereocenters. The molecule has 98 valence electrons. The van der Waals surface area contributed by atoms with Gasteiger partial charge < -0.3 is 15.6 Å². The summed E-state index contributed by atoms with van der Waals surface area (Å²) in [5.41, 5.74) is 6.45. The normalized spacial score (nSPS) is 9.67. The zero-order valence-corrected chi connectivity index (χ0v) is 12.9. The average molecular weight is 299 g/mol. The average Bonchev–Trinajstić information content (AvgIpc) is 2.71. The number of hydrogen-bond donors (Lipinski definition) is 2. The van der Waals surface area contributed by atoms with Crippen molar-refractivity contribution in [2.24, 2.45) is 5.73 Å². The lowest BCUT2D eigenvalue weighted by atomic mass is 10.3. The zero-order valence-electron chi connectivity index (χ0n) is 10.5. The van der Waals surface area contributed by atoms with E-state index in [-0.39, 0.29) is 0 Å². The molecule has 1 heterocycles. The van der Waals surface area contributed by atoms with Crippen molar-refractivity contribution >= 4 is 51.1 Å². The Morgan fingerprint density at radius 1 is 1.33 bits per heavy atom. The number of rotatable bonds is 2. The first-order valence-corrected chi connectivity index (χ1v) is 7.34. The van der Waals surface area contributed by atoms with Gasteiger partial charge in [0.25, 0.3) is 0 Å². The van der Waals surface area contributed by atoms with E-state index in [1.165, 1.54) is 4.70 Å². The fraction of sp³-hybridized carbons (Fsp3) is 0.333. The lowest BCUT2D eigenvalue weighted by Crippen LogP contribution is -2.34. The molecule has 1 aromatic heterocycles.